The van der Waals surface area contributed by atoms with Crippen LogP contribution < -0.4 is 10.0 Å². The Morgan fingerprint density at radius 2 is 2.00 bits per heavy atom. The monoisotopic (exact) mass is 409 g/mol. The zero-order valence-corrected chi connectivity index (χ0v) is 16.5. The van der Waals surface area contributed by atoms with Crippen molar-refractivity contribution in [2.24, 2.45) is 0 Å². The molecule has 1 saturated heterocycles. The highest BCUT2D eigenvalue weighted by molar-refractivity contribution is 7.94. The van der Waals surface area contributed by atoms with Crippen LogP contribution in [0.1, 0.15) is 16.8 Å². The van der Waals surface area contributed by atoms with Gasteiger partial charge in [0.25, 0.3) is 15.9 Å². The van der Waals surface area contributed by atoms with Crippen LogP contribution in [0.5, 0.6) is 0 Å². The highest BCUT2D eigenvalue weighted by Gasteiger charge is 2.16. The molecule has 0 radical (unpaired) electrons. The minimum Gasteiger partial charge on any atom is -0.379 e. The summed E-state index contributed by atoms with van der Waals surface area (Å²) in [5.74, 6) is -0.214. The van der Waals surface area contributed by atoms with Crippen LogP contribution in [0.4, 0.5) is 5.69 Å². The Morgan fingerprint density at radius 1 is 1.19 bits per heavy atom. The Morgan fingerprint density at radius 3 is 2.74 bits per heavy atom. The SMILES string of the molecule is O=C(NCCCN1CCOCC1)c1cccc(NS(=O)(=O)c2cccs2)c1. The predicted molar refractivity (Wildman–Crippen MR) is 106 cm³/mol. The third-order valence-electron chi connectivity index (χ3n) is 4.18. The van der Waals surface area contributed by atoms with Crippen LogP contribution in [0, 0.1) is 0 Å². The maximum absolute atomic E-state index is 12.3. The van der Waals surface area contributed by atoms with Crippen LogP contribution in [0.25, 0.3) is 0 Å². The average molecular weight is 410 g/mol. The Kier molecular flexibility index (Phi) is 6.84. The number of morpholine rings is 1. The molecule has 2 aromatic rings. The lowest BCUT2D eigenvalue weighted by atomic mass is 10.2. The summed E-state index contributed by atoms with van der Waals surface area (Å²) < 4.78 is 32.6. The van der Waals surface area contributed by atoms with E-state index in [1.165, 1.54) is 6.07 Å². The fourth-order valence-corrected chi connectivity index (χ4v) is 4.82. The first-order chi connectivity index (χ1) is 13.0. The van der Waals surface area contributed by atoms with Gasteiger partial charge in [0.15, 0.2) is 0 Å². The minimum atomic E-state index is -3.62. The number of nitrogens with zero attached hydrogens (tertiary/aromatic N) is 1. The predicted octanol–water partition coefficient (Wildman–Crippen LogP) is 2.00. The van der Waals surface area contributed by atoms with Crippen molar-refractivity contribution in [2.75, 3.05) is 44.1 Å². The topological polar surface area (TPSA) is 87.7 Å². The van der Waals surface area contributed by atoms with Crippen molar-refractivity contribution in [1.29, 1.82) is 0 Å². The molecule has 7 nitrogen and oxygen atoms in total. The van der Waals surface area contributed by atoms with Gasteiger partial charge in [-0.2, -0.15) is 0 Å². The van der Waals surface area contributed by atoms with Gasteiger partial charge in [-0.1, -0.05) is 12.1 Å². The van der Waals surface area contributed by atoms with E-state index in [1.807, 2.05) is 0 Å². The molecule has 0 atom stereocenters. The van der Waals surface area contributed by atoms with E-state index in [2.05, 4.69) is 14.9 Å². The molecule has 0 bridgehead atoms. The summed E-state index contributed by atoms with van der Waals surface area (Å²) in [7, 11) is -3.62. The molecule has 0 saturated carbocycles. The highest BCUT2D eigenvalue weighted by Crippen LogP contribution is 2.20. The first-order valence-corrected chi connectivity index (χ1v) is 11.2. The molecule has 1 aliphatic heterocycles. The molecule has 0 spiro atoms. The van der Waals surface area contributed by atoms with Crippen LogP contribution in [0.2, 0.25) is 0 Å². The van der Waals surface area contributed by atoms with Gasteiger partial charge in [0.05, 0.1) is 13.2 Å². The first-order valence-electron chi connectivity index (χ1n) is 8.79. The maximum Gasteiger partial charge on any atom is 0.271 e. The van der Waals surface area contributed by atoms with E-state index in [0.717, 1.165) is 50.6 Å². The molecular weight excluding hydrogens is 386 g/mol. The lowest BCUT2D eigenvalue weighted by Gasteiger charge is -2.26. The molecule has 1 aliphatic rings. The van der Waals surface area contributed by atoms with Gasteiger partial charge in [0.1, 0.15) is 4.21 Å². The molecule has 1 amide bonds. The summed E-state index contributed by atoms with van der Waals surface area (Å²) in [5, 5.41) is 4.59. The third kappa shape index (κ3) is 5.77. The molecule has 0 aliphatic carbocycles. The summed E-state index contributed by atoms with van der Waals surface area (Å²) in [5.41, 5.74) is 0.789. The molecule has 1 aromatic carbocycles. The number of ether oxygens (including phenoxy) is 1. The number of thiophene rings is 1. The van der Waals surface area contributed by atoms with Crippen molar-refractivity contribution in [3.63, 3.8) is 0 Å². The molecule has 3 rings (SSSR count). The van der Waals surface area contributed by atoms with E-state index in [1.54, 1.807) is 35.7 Å². The second-order valence-corrected chi connectivity index (χ2v) is 9.04. The van der Waals surface area contributed by atoms with Crippen LogP contribution in [0.15, 0.2) is 46.0 Å². The molecule has 2 N–H and O–H groups in total. The number of carbonyl (C=O) groups excluding carboxylic acids is 1. The Labute approximate surface area is 163 Å². The van der Waals surface area contributed by atoms with Gasteiger partial charge < -0.3 is 10.1 Å². The normalized spacial score (nSPS) is 15.4. The van der Waals surface area contributed by atoms with Crippen LogP contribution in [-0.4, -0.2) is 58.6 Å². The molecule has 1 aromatic heterocycles. The summed E-state index contributed by atoms with van der Waals surface area (Å²) in [6.07, 6.45) is 0.858. The zero-order valence-electron chi connectivity index (χ0n) is 14.9. The van der Waals surface area contributed by atoms with Crippen molar-refractivity contribution >= 4 is 33.0 Å². The van der Waals surface area contributed by atoms with Gasteiger partial charge in [-0.15, -0.1) is 11.3 Å². The number of amides is 1. The second-order valence-electron chi connectivity index (χ2n) is 6.18. The van der Waals surface area contributed by atoms with E-state index in [-0.39, 0.29) is 10.1 Å². The summed E-state index contributed by atoms with van der Waals surface area (Å²) in [4.78, 5) is 14.6. The number of carbonyl (C=O) groups is 1. The number of rotatable bonds is 8. The maximum atomic E-state index is 12.3. The lowest BCUT2D eigenvalue weighted by molar-refractivity contribution is 0.0374. The smallest absolute Gasteiger partial charge is 0.271 e. The highest BCUT2D eigenvalue weighted by atomic mass is 32.2. The van der Waals surface area contributed by atoms with Crippen molar-refractivity contribution in [1.82, 2.24) is 10.2 Å². The lowest BCUT2D eigenvalue weighted by Crippen LogP contribution is -2.38. The van der Waals surface area contributed by atoms with Crippen LogP contribution in [-0.2, 0) is 14.8 Å². The van der Waals surface area contributed by atoms with Gasteiger partial charge in [0.2, 0.25) is 0 Å². The van der Waals surface area contributed by atoms with E-state index in [4.69, 9.17) is 4.74 Å². The quantitative estimate of drug-likeness (QED) is 0.651. The fourth-order valence-electron chi connectivity index (χ4n) is 2.78. The molecule has 146 valence electrons. The Hall–Kier alpha value is -1.94. The van der Waals surface area contributed by atoms with Gasteiger partial charge in [-0.3, -0.25) is 14.4 Å². The number of anilines is 1. The summed E-state index contributed by atoms with van der Waals surface area (Å²) in [6, 6.07) is 9.72. The second kappa shape index (κ2) is 9.32. The van der Waals surface area contributed by atoms with Crippen molar-refractivity contribution in [2.45, 2.75) is 10.6 Å². The third-order valence-corrected chi connectivity index (χ3v) is 6.96. The van der Waals surface area contributed by atoms with Crippen molar-refractivity contribution in [3.8, 4) is 0 Å². The van der Waals surface area contributed by atoms with E-state index in [0.29, 0.717) is 17.8 Å². The van der Waals surface area contributed by atoms with Crippen LogP contribution in [0.3, 0.4) is 0 Å². The minimum absolute atomic E-state index is 0.214. The summed E-state index contributed by atoms with van der Waals surface area (Å²) in [6.45, 7) is 4.88. The van der Waals surface area contributed by atoms with Crippen LogP contribution >= 0.6 is 11.3 Å². The number of nitrogens with one attached hydrogen (secondary N) is 2. The van der Waals surface area contributed by atoms with E-state index >= 15 is 0 Å². The van der Waals surface area contributed by atoms with Crippen molar-refractivity contribution in [3.05, 3.63) is 47.3 Å². The van der Waals surface area contributed by atoms with E-state index in [9.17, 15) is 13.2 Å². The molecule has 0 unspecified atom stereocenters. The zero-order chi connectivity index (χ0) is 19.1. The Bertz CT molecular complexity index is 847. The molecule has 27 heavy (non-hydrogen) atoms. The number of hydrogen-bond acceptors (Lipinski definition) is 6. The molecular formula is C18H23N3O4S2. The first kappa shape index (κ1) is 19.8. The van der Waals surface area contributed by atoms with Gasteiger partial charge in [-0.25, -0.2) is 8.42 Å². The molecule has 9 heteroatoms. The summed E-state index contributed by atoms with van der Waals surface area (Å²) >= 11 is 1.14. The number of hydrogen-bond donors (Lipinski definition) is 2. The number of benzene rings is 1. The van der Waals surface area contributed by atoms with Crippen molar-refractivity contribution < 1.29 is 17.9 Å². The largest absolute Gasteiger partial charge is 0.379 e. The fraction of sp³-hybridized carbons (Fsp3) is 0.389. The van der Waals surface area contributed by atoms with Gasteiger partial charge >= 0.3 is 0 Å². The standard InChI is InChI=1S/C18H23N3O4S2/c22-18(19-7-3-8-21-9-11-25-12-10-21)15-4-1-5-16(14-15)20-27(23,24)17-6-2-13-26-17/h1-2,4-6,13-14,20H,3,7-12H2,(H,19,22). The molecule has 1 fully saturated rings. The van der Waals surface area contributed by atoms with Gasteiger partial charge in [-0.05, 0) is 42.6 Å². The number of sulfonamides is 1. The van der Waals surface area contributed by atoms with E-state index < -0.39 is 10.0 Å². The molecule has 2 heterocycles. The average Bonchev–Trinajstić information content (AvgIpc) is 3.22. The Balaban J connectivity index is 1.51. The van der Waals surface area contributed by atoms with Gasteiger partial charge in [0, 0.05) is 30.9 Å².